The third-order valence-electron chi connectivity index (χ3n) is 3.24. The Labute approximate surface area is 138 Å². The molecule has 3 N–H and O–H groups in total. The Kier molecular flexibility index (Phi) is 5.04. The summed E-state index contributed by atoms with van der Waals surface area (Å²) in [5.41, 5.74) is 0.235. The second-order valence-electron chi connectivity index (χ2n) is 5.03. The maximum Gasteiger partial charge on any atom is 0.241 e. The molecule has 0 saturated heterocycles. The lowest BCUT2D eigenvalue weighted by molar-refractivity contribution is 0.504. The number of rotatable bonds is 5. The van der Waals surface area contributed by atoms with Gasteiger partial charge in [0.15, 0.2) is 11.6 Å². The normalized spacial score (nSPS) is 13.7. The summed E-state index contributed by atoms with van der Waals surface area (Å²) in [6, 6.07) is 6.51. The molecule has 0 heterocycles. The Bertz CT molecular complexity index is 959. The summed E-state index contributed by atoms with van der Waals surface area (Å²) in [6.07, 6.45) is 0. The minimum absolute atomic E-state index is 0.190. The summed E-state index contributed by atoms with van der Waals surface area (Å²) in [5.74, 6) is -2.12. The van der Waals surface area contributed by atoms with E-state index in [9.17, 15) is 25.6 Å². The first kappa shape index (κ1) is 18.5. The van der Waals surface area contributed by atoms with Crippen molar-refractivity contribution in [3.05, 3.63) is 59.7 Å². The quantitative estimate of drug-likeness (QED) is 0.827. The van der Waals surface area contributed by atoms with Crippen molar-refractivity contribution in [1.82, 2.24) is 4.72 Å². The van der Waals surface area contributed by atoms with E-state index in [0.717, 1.165) is 36.4 Å². The zero-order chi connectivity index (χ0) is 18.1. The summed E-state index contributed by atoms with van der Waals surface area (Å²) in [6.45, 7) is 1.46. The predicted molar refractivity (Wildman–Crippen MR) is 82.9 cm³/mol. The molecule has 2 rings (SSSR count). The van der Waals surface area contributed by atoms with Crippen LogP contribution in [0.25, 0.3) is 0 Å². The van der Waals surface area contributed by atoms with E-state index in [2.05, 4.69) is 4.72 Å². The van der Waals surface area contributed by atoms with Crippen LogP contribution in [0.5, 0.6) is 0 Å². The molecule has 0 saturated carbocycles. The first-order chi connectivity index (χ1) is 11.0. The van der Waals surface area contributed by atoms with Crippen molar-refractivity contribution < 1.29 is 25.6 Å². The molecule has 2 aromatic rings. The van der Waals surface area contributed by atoms with Crippen LogP contribution in [0, 0.1) is 11.6 Å². The highest BCUT2D eigenvalue weighted by Crippen LogP contribution is 2.20. The van der Waals surface area contributed by atoms with Crippen LogP contribution in [0.3, 0.4) is 0 Å². The van der Waals surface area contributed by atoms with Crippen LogP contribution in [0.1, 0.15) is 18.5 Å². The Balaban J connectivity index is 2.25. The Morgan fingerprint density at radius 2 is 1.46 bits per heavy atom. The molecule has 10 heteroatoms. The molecule has 0 fully saturated rings. The number of hydrogen-bond acceptors (Lipinski definition) is 4. The molecule has 24 heavy (non-hydrogen) atoms. The molecule has 0 radical (unpaired) electrons. The van der Waals surface area contributed by atoms with Crippen molar-refractivity contribution in [3.8, 4) is 0 Å². The maximum atomic E-state index is 13.2. The highest BCUT2D eigenvalue weighted by Gasteiger charge is 2.20. The number of sulfonamides is 2. The minimum atomic E-state index is -3.99. The molecule has 6 nitrogen and oxygen atoms in total. The zero-order valence-corrected chi connectivity index (χ0v) is 14.0. The standard InChI is InChI=1S/C14H14F2N2O4S2/c1-9(10-2-7-13(15)14(16)8-10)18-24(21,22)12-5-3-11(4-6-12)23(17,19)20/h2-9,18H,1H3,(H2,17,19,20). The molecule has 1 unspecified atom stereocenters. The van der Waals surface area contributed by atoms with Gasteiger partial charge in [0.25, 0.3) is 0 Å². The molecular formula is C14H14F2N2O4S2. The third-order valence-corrected chi connectivity index (χ3v) is 5.72. The van der Waals surface area contributed by atoms with E-state index in [4.69, 9.17) is 5.14 Å². The largest absolute Gasteiger partial charge is 0.241 e. The Morgan fingerprint density at radius 1 is 0.917 bits per heavy atom. The topological polar surface area (TPSA) is 106 Å². The van der Waals surface area contributed by atoms with Gasteiger partial charge in [0.05, 0.1) is 9.79 Å². The summed E-state index contributed by atoms with van der Waals surface area (Å²) >= 11 is 0. The lowest BCUT2D eigenvalue weighted by atomic mass is 10.1. The van der Waals surface area contributed by atoms with Crippen LogP contribution in [-0.4, -0.2) is 16.8 Å². The summed E-state index contributed by atoms with van der Waals surface area (Å²) < 4.78 is 75.3. The monoisotopic (exact) mass is 376 g/mol. The lowest BCUT2D eigenvalue weighted by Gasteiger charge is -2.15. The fourth-order valence-electron chi connectivity index (χ4n) is 1.96. The molecule has 1 atom stereocenters. The van der Waals surface area contributed by atoms with Gasteiger partial charge in [-0.25, -0.2) is 35.5 Å². The van der Waals surface area contributed by atoms with Gasteiger partial charge in [-0.05, 0) is 48.9 Å². The van der Waals surface area contributed by atoms with E-state index in [-0.39, 0.29) is 15.4 Å². The van der Waals surface area contributed by atoms with Crippen LogP contribution in [-0.2, 0) is 20.0 Å². The smallest absolute Gasteiger partial charge is 0.225 e. The molecular weight excluding hydrogens is 362 g/mol. The molecule has 0 aliphatic heterocycles. The molecule has 2 aromatic carbocycles. The number of halogens is 2. The lowest BCUT2D eigenvalue weighted by Crippen LogP contribution is -2.27. The summed E-state index contributed by atoms with van der Waals surface area (Å²) in [7, 11) is -7.93. The highest BCUT2D eigenvalue weighted by molar-refractivity contribution is 7.89. The maximum absolute atomic E-state index is 13.2. The Hall–Kier alpha value is -1.88. The van der Waals surface area contributed by atoms with Gasteiger partial charge in [-0.2, -0.15) is 0 Å². The summed E-state index contributed by atoms with van der Waals surface area (Å²) in [5, 5.41) is 4.94. The van der Waals surface area contributed by atoms with Gasteiger partial charge in [0, 0.05) is 6.04 Å². The van der Waals surface area contributed by atoms with Gasteiger partial charge >= 0.3 is 0 Å². The summed E-state index contributed by atoms with van der Waals surface area (Å²) in [4.78, 5) is -0.417. The van der Waals surface area contributed by atoms with Crippen molar-refractivity contribution in [2.45, 2.75) is 22.8 Å². The van der Waals surface area contributed by atoms with Crippen molar-refractivity contribution in [2.24, 2.45) is 5.14 Å². The first-order valence-electron chi connectivity index (χ1n) is 6.61. The number of nitrogens with two attached hydrogens (primary N) is 1. The fourth-order valence-corrected chi connectivity index (χ4v) is 3.71. The van der Waals surface area contributed by atoms with Gasteiger partial charge in [0.2, 0.25) is 20.0 Å². The van der Waals surface area contributed by atoms with Crippen molar-refractivity contribution in [2.75, 3.05) is 0 Å². The highest BCUT2D eigenvalue weighted by atomic mass is 32.2. The van der Waals surface area contributed by atoms with Crippen LogP contribution >= 0.6 is 0 Å². The molecule has 0 aliphatic carbocycles. The zero-order valence-electron chi connectivity index (χ0n) is 12.4. The first-order valence-corrected chi connectivity index (χ1v) is 9.64. The van der Waals surface area contributed by atoms with E-state index in [1.807, 2.05) is 0 Å². The molecule has 130 valence electrons. The van der Waals surface area contributed by atoms with Gasteiger partial charge in [-0.3, -0.25) is 0 Å². The number of hydrogen-bond donors (Lipinski definition) is 2. The number of primary sulfonamides is 1. The molecule has 0 amide bonds. The molecule has 0 aromatic heterocycles. The van der Waals surface area contributed by atoms with Crippen LogP contribution in [0.2, 0.25) is 0 Å². The number of nitrogens with one attached hydrogen (secondary N) is 1. The second-order valence-corrected chi connectivity index (χ2v) is 8.31. The van der Waals surface area contributed by atoms with Crippen molar-refractivity contribution >= 4 is 20.0 Å². The van der Waals surface area contributed by atoms with E-state index >= 15 is 0 Å². The minimum Gasteiger partial charge on any atom is -0.225 e. The van der Waals surface area contributed by atoms with Gasteiger partial charge < -0.3 is 0 Å². The van der Waals surface area contributed by atoms with Gasteiger partial charge in [-0.15, -0.1) is 0 Å². The van der Waals surface area contributed by atoms with Crippen LogP contribution < -0.4 is 9.86 Å². The van der Waals surface area contributed by atoms with Crippen LogP contribution in [0.4, 0.5) is 8.78 Å². The number of benzene rings is 2. The fraction of sp³-hybridized carbons (Fsp3) is 0.143. The molecule has 0 bridgehead atoms. The van der Waals surface area contributed by atoms with Gasteiger partial charge in [-0.1, -0.05) is 6.07 Å². The molecule has 0 aliphatic rings. The van der Waals surface area contributed by atoms with Gasteiger partial charge in [0.1, 0.15) is 0 Å². The van der Waals surface area contributed by atoms with Crippen molar-refractivity contribution in [3.63, 3.8) is 0 Å². The van der Waals surface area contributed by atoms with Crippen LogP contribution in [0.15, 0.2) is 52.3 Å². The van der Waals surface area contributed by atoms with E-state index in [0.29, 0.717) is 0 Å². The second kappa shape index (κ2) is 6.55. The van der Waals surface area contributed by atoms with E-state index in [1.54, 1.807) is 0 Å². The average molecular weight is 376 g/mol. The van der Waals surface area contributed by atoms with E-state index < -0.39 is 37.7 Å². The van der Waals surface area contributed by atoms with Crippen molar-refractivity contribution in [1.29, 1.82) is 0 Å². The molecule has 0 spiro atoms. The third kappa shape index (κ3) is 4.15. The average Bonchev–Trinajstić information content (AvgIpc) is 2.49. The Morgan fingerprint density at radius 3 is 1.96 bits per heavy atom. The SMILES string of the molecule is CC(NS(=O)(=O)c1ccc(S(N)(=O)=O)cc1)c1ccc(F)c(F)c1. The van der Waals surface area contributed by atoms with E-state index in [1.165, 1.54) is 13.0 Å². The predicted octanol–water partition coefficient (Wildman–Crippen LogP) is 1.65.